The van der Waals surface area contributed by atoms with Gasteiger partial charge in [0.05, 0.1) is 0 Å². The Morgan fingerprint density at radius 1 is 1.31 bits per heavy atom. The van der Waals surface area contributed by atoms with Gasteiger partial charge >= 0.3 is 0 Å². The molecule has 0 heterocycles. The number of rotatable bonds is 7. The molecule has 16 heavy (non-hydrogen) atoms. The molecule has 90 valence electrons. The van der Waals surface area contributed by atoms with Crippen LogP contribution in [-0.4, -0.2) is 18.6 Å². The average Bonchev–Trinajstić information content (AvgIpc) is 2.26. The largest absolute Gasteiger partial charge is 0.313 e. The number of hydrogen-bond acceptors (Lipinski definition) is 2. The van der Waals surface area contributed by atoms with E-state index >= 15 is 0 Å². The molecule has 1 rings (SSSR count). The first-order valence-electron chi connectivity index (χ1n) is 5.68. The monoisotopic (exact) mass is 241 g/mol. The zero-order valence-corrected chi connectivity index (χ0v) is 10.9. The number of unbranched alkanes of at least 4 members (excludes halogenated alkanes) is 1. The molecule has 1 aromatic carbocycles. The minimum absolute atomic E-state index is 0.152. The van der Waals surface area contributed by atoms with E-state index in [1.807, 2.05) is 24.8 Å². The highest BCUT2D eigenvalue weighted by atomic mass is 32.2. The molecule has 0 aliphatic rings. The van der Waals surface area contributed by atoms with Crippen LogP contribution in [0.3, 0.4) is 0 Å². The van der Waals surface area contributed by atoms with Crippen molar-refractivity contribution in [1.29, 1.82) is 0 Å². The number of halogens is 1. The fourth-order valence-corrected chi connectivity index (χ4v) is 2.07. The molecule has 0 aliphatic carbocycles. The standard InChI is InChI=1S/C13H20FNS/c1-11-9-13(14)6-5-12(11)10-15-7-3-4-8-16-2/h5-6,9,15H,3-4,7-8,10H2,1-2H3. The molecule has 0 aromatic heterocycles. The minimum Gasteiger partial charge on any atom is -0.313 e. The Balaban J connectivity index is 2.21. The first kappa shape index (κ1) is 13.5. The third-order valence-electron chi connectivity index (χ3n) is 2.57. The summed E-state index contributed by atoms with van der Waals surface area (Å²) in [6, 6.07) is 4.97. The zero-order chi connectivity index (χ0) is 11.8. The summed E-state index contributed by atoms with van der Waals surface area (Å²) >= 11 is 1.89. The highest BCUT2D eigenvalue weighted by Crippen LogP contribution is 2.09. The topological polar surface area (TPSA) is 12.0 Å². The summed E-state index contributed by atoms with van der Waals surface area (Å²) in [7, 11) is 0. The van der Waals surface area contributed by atoms with Crippen LogP contribution >= 0.6 is 11.8 Å². The van der Waals surface area contributed by atoms with Gasteiger partial charge in [0.25, 0.3) is 0 Å². The molecule has 0 saturated heterocycles. The lowest BCUT2D eigenvalue weighted by atomic mass is 10.1. The fourth-order valence-electron chi connectivity index (χ4n) is 1.58. The van der Waals surface area contributed by atoms with Gasteiger partial charge in [-0.1, -0.05) is 6.07 Å². The summed E-state index contributed by atoms with van der Waals surface area (Å²) < 4.78 is 12.9. The molecule has 0 fully saturated rings. The maximum atomic E-state index is 12.9. The maximum absolute atomic E-state index is 12.9. The van der Waals surface area contributed by atoms with Crippen LogP contribution in [0.25, 0.3) is 0 Å². The van der Waals surface area contributed by atoms with Crippen LogP contribution in [0.1, 0.15) is 24.0 Å². The van der Waals surface area contributed by atoms with Crippen molar-refractivity contribution >= 4 is 11.8 Å². The second kappa shape index (κ2) is 7.69. The van der Waals surface area contributed by atoms with Gasteiger partial charge in [-0.3, -0.25) is 0 Å². The second-order valence-electron chi connectivity index (χ2n) is 3.95. The van der Waals surface area contributed by atoms with Gasteiger partial charge in [0.15, 0.2) is 0 Å². The van der Waals surface area contributed by atoms with E-state index in [0.717, 1.165) is 18.7 Å². The highest BCUT2D eigenvalue weighted by molar-refractivity contribution is 7.98. The third kappa shape index (κ3) is 4.99. The van der Waals surface area contributed by atoms with Crippen LogP contribution in [0.2, 0.25) is 0 Å². The number of aryl methyl sites for hydroxylation is 1. The Morgan fingerprint density at radius 3 is 2.81 bits per heavy atom. The van der Waals surface area contributed by atoms with Crippen LogP contribution in [0.15, 0.2) is 18.2 Å². The Kier molecular flexibility index (Phi) is 6.50. The van der Waals surface area contributed by atoms with Gasteiger partial charge in [-0.15, -0.1) is 0 Å². The van der Waals surface area contributed by atoms with Crippen molar-refractivity contribution in [2.75, 3.05) is 18.6 Å². The first-order valence-corrected chi connectivity index (χ1v) is 7.08. The van der Waals surface area contributed by atoms with Crippen molar-refractivity contribution in [3.8, 4) is 0 Å². The van der Waals surface area contributed by atoms with Gasteiger partial charge in [-0.2, -0.15) is 11.8 Å². The summed E-state index contributed by atoms with van der Waals surface area (Å²) in [4.78, 5) is 0. The average molecular weight is 241 g/mol. The third-order valence-corrected chi connectivity index (χ3v) is 3.27. The van der Waals surface area contributed by atoms with Gasteiger partial charge in [0.2, 0.25) is 0 Å². The van der Waals surface area contributed by atoms with E-state index in [9.17, 15) is 4.39 Å². The number of nitrogens with one attached hydrogen (secondary N) is 1. The normalized spacial score (nSPS) is 10.7. The first-order chi connectivity index (χ1) is 7.74. The van der Waals surface area contributed by atoms with E-state index in [-0.39, 0.29) is 5.82 Å². The molecule has 1 N–H and O–H groups in total. The van der Waals surface area contributed by atoms with E-state index in [1.165, 1.54) is 30.2 Å². The predicted octanol–water partition coefficient (Wildman–Crippen LogP) is 3.37. The van der Waals surface area contributed by atoms with Crippen LogP contribution in [-0.2, 0) is 6.54 Å². The fraction of sp³-hybridized carbons (Fsp3) is 0.538. The van der Waals surface area contributed by atoms with Crippen molar-refractivity contribution < 1.29 is 4.39 Å². The molecule has 0 aliphatic heterocycles. The van der Waals surface area contributed by atoms with Crippen molar-refractivity contribution in [2.45, 2.75) is 26.3 Å². The molecular formula is C13H20FNS. The van der Waals surface area contributed by atoms with E-state index in [4.69, 9.17) is 0 Å². The molecule has 0 amide bonds. The Bertz CT molecular complexity index is 315. The van der Waals surface area contributed by atoms with Crippen LogP contribution in [0.5, 0.6) is 0 Å². The Labute approximate surface area is 102 Å². The van der Waals surface area contributed by atoms with Gasteiger partial charge in [-0.05, 0) is 61.6 Å². The van der Waals surface area contributed by atoms with Gasteiger partial charge < -0.3 is 5.32 Å². The lowest BCUT2D eigenvalue weighted by Crippen LogP contribution is -2.15. The van der Waals surface area contributed by atoms with Crippen molar-refractivity contribution in [3.05, 3.63) is 35.1 Å². The second-order valence-corrected chi connectivity index (χ2v) is 4.93. The predicted molar refractivity (Wildman–Crippen MR) is 70.5 cm³/mol. The Hall–Kier alpha value is -0.540. The van der Waals surface area contributed by atoms with E-state index in [1.54, 1.807) is 6.07 Å². The molecule has 0 radical (unpaired) electrons. The SMILES string of the molecule is CSCCCCNCc1ccc(F)cc1C. The van der Waals surface area contributed by atoms with Gasteiger partial charge in [-0.25, -0.2) is 4.39 Å². The Morgan fingerprint density at radius 2 is 2.12 bits per heavy atom. The van der Waals surface area contributed by atoms with Crippen molar-refractivity contribution in [1.82, 2.24) is 5.32 Å². The lowest BCUT2D eigenvalue weighted by Gasteiger charge is -2.07. The molecular weight excluding hydrogens is 221 g/mol. The molecule has 1 aromatic rings. The minimum atomic E-state index is -0.152. The van der Waals surface area contributed by atoms with Gasteiger partial charge in [0, 0.05) is 6.54 Å². The molecule has 3 heteroatoms. The van der Waals surface area contributed by atoms with Crippen LogP contribution in [0, 0.1) is 12.7 Å². The van der Waals surface area contributed by atoms with Gasteiger partial charge in [0.1, 0.15) is 5.82 Å². The summed E-state index contributed by atoms with van der Waals surface area (Å²) in [5.41, 5.74) is 2.21. The van der Waals surface area contributed by atoms with E-state index in [2.05, 4.69) is 11.6 Å². The quantitative estimate of drug-likeness (QED) is 0.735. The number of hydrogen-bond donors (Lipinski definition) is 1. The summed E-state index contributed by atoms with van der Waals surface area (Å²) in [6.07, 6.45) is 4.60. The van der Waals surface area contributed by atoms with Crippen LogP contribution < -0.4 is 5.32 Å². The zero-order valence-electron chi connectivity index (χ0n) is 10.1. The highest BCUT2D eigenvalue weighted by Gasteiger charge is 1.99. The van der Waals surface area contributed by atoms with Crippen LogP contribution in [0.4, 0.5) is 4.39 Å². The van der Waals surface area contributed by atoms with E-state index in [0.29, 0.717) is 0 Å². The number of thioether (sulfide) groups is 1. The summed E-state index contributed by atoms with van der Waals surface area (Å²) in [5.74, 6) is 1.08. The van der Waals surface area contributed by atoms with E-state index < -0.39 is 0 Å². The molecule has 0 bridgehead atoms. The molecule has 0 spiro atoms. The smallest absolute Gasteiger partial charge is 0.123 e. The summed E-state index contributed by atoms with van der Waals surface area (Å²) in [5, 5.41) is 3.39. The lowest BCUT2D eigenvalue weighted by molar-refractivity contribution is 0.619. The molecule has 0 unspecified atom stereocenters. The van der Waals surface area contributed by atoms with Crippen molar-refractivity contribution in [2.24, 2.45) is 0 Å². The molecule has 1 nitrogen and oxygen atoms in total. The summed E-state index contributed by atoms with van der Waals surface area (Å²) in [6.45, 7) is 3.83. The molecule has 0 atom stereocenters. The van der Waals surface area contributed by atoms with Crippen molar-refractivity contribution in [3.63, 3.8) is 0 Å². The molecule has 0 saturated carbocycles. The maximum Gasteiger partial charge on any atom is 0.123 e. The number of benzene rings is 1.